The lowest BCUT2D eigenvalue weighted by molar-refractivity contribution is -0.167. The van der Waals surface area contributed by atoms with E-state index in [-0.39, 0.29) is 31.1 Å². The van der Waals surface area contributed by atoms with Gasteiger partial charge in [-0.3, -0.25) is 14.4 Å². The Labute approximate surface area is 393 Å². The first-order valence-corrected chi connectivity index (χ1v) is 28.4. The fourth-order valence-corrected chi connectivity index (χ4v) is 8.72. The van der Waals surface area contributed by atoms with Crippen LogP contribution in [0.1, 0.15) is 323 Å². The molecule has 6 heteroatoms. The largest absolute Gasteiger partial charge is 0.462 e. The van der Waals surface area contributed by atoms with E-state index in [9.17, 15) is 14.4 Å². The lowest BCUT2D eigenvalue weighted by atomic mass is 9.99. The number of rotatable bonds is 52. The maximum absolute atomic E-state index is 12.8. The quantitative estimate of drug-likeness (QED) is 0.0344. The van der Waals surface area contributed by atoms with Crippen LogP contribution in [0, 0.1) is 5.92 Å². The number of esters is 3. The highest BCUT2D eigenvalue weighted by atomic mass is 16.6. The van der Waals surface area contributed by atoms with Gasteiger partial charge in [0.25, 0.3) is 0 Å². The van der Waals surface area contributed by atoms with Crippen LogP contribution in [0.15, 0.2) is 0 Å². The van der Waals surface area contributed by atoms with Crippen molar-refractivity contribution in [3.63, 3.8) is 0 Å². The van der Waals surface area contributed by atoms with Gasteiger partial charge in [0.05, 0.1) is 0 Å². The number of carbonyl (C=O) groups excluding carboxylic acids is 3. The summed E-state index contributed by atoms with van der Waals surface area (Å²) in [5.41, 5.74) is 0. The minimum absolute atomic E-state index is 0.0624. The second-order valence-corrected chi connectivity index (χ2v) is 19.8. The van der Waals surface area contributed by atoms with Crippen molar-refractivity contribution in [2.24, 2.45) is 5.92 Å². The Bertz CT molecular complexity index is 951. The van der Waals surface area contributed by atoms with Gasteiger partial charge in [0.2, 0.25) is 0 Å². The summed E-state index contributed by atoms with van der Waals surface area (Å²) in [6.07, 6.45) is 55.1. The van der Waals surface area contributed by atoms with Crippen molar-refractivity contribution in [1.82, 2.24) is 0 Å². The van der Waals surface area contributed by atoms with Gasteiger partial charge in [0.1, 0.15) is 13.2 Å². The maximum Gasteiger partial charge on any atom is 0.306 e. The highest BCUT2D eigenvalue weighted by Gasteiger charge is 2.19. The van der Waals surface area contributed by atoms with E-state index in [1.807, 2.05) is 0 Å². The molecule has 0 aliphatic heterocycles. The molecule has 0 N–H and O–H groups in total. The Hall–Kier alpha value is -1.59. The van der Waals surface area contributed by atoms with Crippen LogP contribution in [-0.2, 0) is 28.6 Å². The van der Waals surface area contributed by atoms with Crippen LogP contribution < -0.4 is 0 Å². The molecule has 0 aromatic carbocycles. The lowest BCUT2D eigenvalue weighted by Crippen LogP contribution is -2.30. The van der Waals surface area contributed by atoms with Gasteiger partial charge < -0.3 is 14.2 Å². The number of carbonyl (C=O) groups is 3. The second kappa shape index (κ2) is 51.4. The molecule has 0 bridgehead atoms. The van der Waals surface area contributed by atoms with Crippen LogP contribution >= 0.6 is 0 Å². The zero-order valence-corrected chi connectivity index (χ0v) is 43.0. The molecule has 0 radical (unpaired) electrons. The van der Waals surface area contributed by atoms with Gasteiger partial charge in [-0.1, -0.05) is 285 Å². The first-order chi connectivity index (χ1) is 30.9. The molecule has 0 heterocycles. The normalized spacial score (nSPS) is 12.4. The molecular weight excluding hydrogens is 781 g/mol. The molecule has 0 saturated carbocycles. The Kier molecular flexibility index (Phi) is 50.1. The highest BCUT2D eigenvalue weighted by molar-refractivity contribution is 5.71. The fourth-order valence-electron chi connectivity index (χ4n) is 8.72. The van der Waals surface area contributed by atoms with E-state index in [2.05, 4.69) is 27.7 Å². The summed E-state index contributed by atoms with van der Waals surface area (Å²) in [5, 5.41) is 0. The predicted octanol–water partition coefficient (Wildman–Crippen LogP) is 18.6. The smallest absolute Gasteiger partial charge is 0.306 e. The van der Waals surface area contributed by atoms with Gasteiger partial charge in [-0.05, 0) is 25.2 Å². The third kappa shape index (κ3) is 49.7. The van der Waals surface area contributed by atoms with E-state index in [0.717, 1.165) is 63.7 Å². The molecule has 0 spiro atoms. The average molecular weight is 892 g/mol. The minimum atomic E-state index is -0.762. The van der Waals surface area contributed by atoms with Crippen molar-refractivity contribution in [3.8, 4) is 0 Å². The molecule has 6 nitrogen and oxygen atoms in total. The van der Waals surface area contributed by atoms with Gasteiger partial charge >= 0.3 is 17.9 Å². The van der Waals surface area contributed by atoms with E-state index in [1.165, 1.54) is 218 Å². The van der Waals surface area contributed by atoms with Gasteiger partial charge in [-0.25, -0.2) is 0 Å². The van der Waals surface area contributed by atoms with Crippen molar-refractivity contribution in [2.45, 2.75) is 329 Å². The summed E-state index contributed by atoms with van der Waals surface area (Å²) in [6.45, 7) is 9.06. The Morgan fingerprint density at radius 3 is 0.825 bits per heavy atom. The molecule has 0 amide bonds. The molecule has 1 unspecified atom stereocenters. The summed E-state index contributed by atoms with van der Waals surface area (Å²) in [5.74, 6) is 0.00911. The molecule has 63 heavy (non-hydrogen) atoms. The number of unbranched alkanes of at least 4 members (excludes halogenated alkanes) is 38. The first kappa shape index (κ1) is 61.4. The lowest BCUT2D eigenvalue weighted by Gasteiger charge is -2.18. The molecule has 0 aromatic rings. The second-order valence-electron chi connectivity index (χ2n) is 19.8. The van der Waals surface area contributed by atoms with Crippen molar-refractivity contribution >= 4 is 17.9 Å². The van der Waals surface area contributed by atoms with E-state index in [1.54, 1.807) is 0 Å². The Morgan fingerprint density at radius 2 is 0.556 bits per heavy atom. The topological polar surface area (TPSA) is 78.9 Å². The van der Waals surface area contributed by atoms with Crippen LogP contribution in [0.25, 0.3) is 0 Å². The third-order valence-corrected chi connectivity index (χ3v) is 13.4. The van der Waals surface area contributed by atoms with Gasteiger partial charge in [-0.15, -0.1) is 0 Å². The molecule has 0 aliphatic rings. The van der Waals surface area contributed by atoms with Crippen LogP contribution in [0.3, 0.4) is 0 Å². The molecule has 0 saturated heterocycles. The standard InChI is InChI=1S/C57H110O6/c1-5-8-10-12-14-16-18-20-22-24-26-27-29-31-36-40-44-48-55(58)61-51-54(52-62-56(59)49-45-41-37-34-33-35-39-43-47-53(4)7-3)63-57(60)50-46-42-38-32-30-28-25-23-21-19-17-15-13-11-9-6-2/h53-54H,5-52H2,1-4H3/t53?,54-/m1/s1. The summed E-state index contributed by atoms with van der Waals surface area (Å²) < 4.78 is 16.9. The van der Waals surface area contributed by atoms with Gasteiger partial charge in [-0.2, -0.15) is 0 Å². The maximum atomic E-state index is 12.8. The van der Waals surface area contributed by atoms with Crippen molar-refractivity contribution < 1.29 is 28.6 Å². The summed E-state index contributed by atoms with van der Waals surface area (Å²) in [4.78, 5) is 38.1. The van der Waals surface area contributed by atoms with Crippen molar-refractivity contribution in [1.29, 1.82) is 0 Å². The van der Waals surface area contributed by atoms with E-state index in [0.29, 0.717) is 19.3 Å². The fraction of sp³-hybridized carbons (Fsp3) is 0.947. The van der Waals surface area contributed by atoms with Gasteiger partial charge in [0.15, 0.2) is 6.10 Å². The SMILES string of the molecule is CCCCCCCCCCCCCCCCCCCC(=O)OC[C@H](COC(=O)CCCCCCCCCCC(C)CC)OC(=O)CCCCCCCCCCCCCCCCCC. The molecule has 0 fully saturated rings. The highest BCUT2D eigenvalue weighted by Crippen LogP contribution is 2.18. The zero-order valence-electron chi connectivity index (χ0n) is 43.0. The Morgan fingerprint density at radius 1 is 0.317 bits per heavy atom. The number of hydrogen-bond donors (Lipinski definition) is 0. The molecule has 2 atom stereocenters. The summed E-state index contributed by atoms with van der Waals surface area (Å²) >= 11 is 0. The van der Waals surface area contributed by atoms with E-state index in [4.69, 9.17) is 14.2 Å². The van der Waals surface area contributed by atoms with E-state index >= 15 is 0 Å². The van der Waals surface area contributed by atoms with E-state index < -0.39 is 6.10 Å². The van der Waals surface area contributed by atoms with Crippen molar-refractivity contribution in [2.75, 3.05) is 13.2 Å². The molecule has 0 rings (SSSR count). The molecule has 0 aromatic heterocycles. The van der Waals surface area contributed by atoms with Crippen LogP contribution in [-0.4, -0.2) is 37.2 Å². The van der Waals surface area contributed by atoms with Crippen LogP contribution in [0.4, 0.5) is 0 Å². The third-order valence-electron chi connectivity index (χ3n) is 13.4. The summed E-state index contributed by atoms with van der Waals surface area (Å²) in [6, 6.07) is 0. The van der Waals surface area contributed by atoms with Gasteiger partial charge in [0, 0.05) is 19.3 Å². The Balaban J connectivity index is 4.29. The monoisotopic (exact) mass is 891 g/mol. The summed E-state index contributed by atoms with van der Waals surface area (Å²) in [7, 11) is 0. The first-order valence-electron chi connectivity index (χ1n) is 28.4. The number of hydrogen-bond acceptors (Lipinski definition) is 6. The zero-order chi connectivity index (χ0) is 45.9. The number of ether oxygens (including phenoxy) is 3. The van der Waals surface area contributed by atoms with Crippen molar-refractivity contribution in [3.05, 3.63) is 0 Å². The molecular formula is C57H110O6. The average Bonchev–Trinajstić information content (AvgIpc) is 3.28. The molecule has 374 valence electrons. The molecule has 0 aliphatic carbocycles. The van der Waals surface area contributed by atoms with Crippen LogP contribution in [0.2, 0.25) is 0 Å². The minimum Gasteiger partial charge on any atom is -0.462 e. The van der Waals surface area contributed by atoms with Crippen LogP contribution in [0.5, 0.6) is 0 Å². The predicted molar refractivity (Wildman–Crippen MR) is 270 cm³/mol.